The van der Waals surface area contributed by atoms with Crippen LogP contribution < -0.4 is 5.32 Å². The molecular weight excluding hydrogens is 310 g/mol. The Labute approximate surface area is 137 Å². The van der Waals surface area contributed by atoms with Gasteiger partial charge in [-0.3, -0.25) is 4.79 Å². The molecule has 1 aliphatic rings. The van der Waals surface area contributed by atoms with Crippen LogP contribution in [0.15, 0.2) is 29.4 Å². The number of rotatable bonds is 5. The molecule has 6 nitrogen and oxygen atoms in total. The number of carbonyl (C=O) groups excluding carboxylic acids is 1. The molecule has 7 heteroatoms. The average Bonchev–Trinajstić information content (AvgIpc) is 3.34. The average molecular weight is 327 g/mol. The van der Waals surface area contributed by atoms with Crippen LogP contribution in [0.25, 0.3) is 22.1 Å². The van der Waals surface area contributed by atoms with E-state index in [0.717, 1.165) is 16.4 Å². The minimum Gasteiger partial charge on any atom is -0.353 e. The fraction of sp³-hybridized carbons (Fsp3) is 0.375. The molecule has 0 bridgehead atoms. The number of benzene rings is 1. The molecule has 1 amide bonds. The summed E-state index contributed by atoms with van der Waals surface area (Å²) in [6.45, 7) is 2.06. The van der Waals surface area contributed by atoms with E-state index in [0.29, 0.717) is 22.5 Å². The van der Waals surface area contributed by atoms with Crippen molar-refractivity contribution in [3.8, 4) is 0 Å². The van der Waals surface area contributed by atoms with Crippen molar-refractivity contribution in [1.82, 2.24) is 25.5 Å². The Kier molecular flexibility index (Phi) is 3.65. The molecule has 2 aromatic heterocycles. The Hall–Kier alpha value is -2.15. The summed E-state index contributed by atoms with van der Waals surface area (Å²) in [6.07, 6.45) is 2.44. The molecular formula is C16H17N5OS. The zero-order chi connectivity index (χ0) is 15.8. The summed E-state index contributed by atoms with van der Waals surface area (Å²) in [4.78, 5) is 19.6. The van der Waals surface area contributed by atoms with Crippen molar-refractivity contribution < 1.29 is 4.79 Å². The van der Waals surface area contributed by atoms with Gasteiger partial charge in [0.1, 0.15) is 5.52 Å². The highest BCUT2D eigenvalue weighted by Gasteiger charge is 2.28. The third kappa shape index (κ3) is 3.01. The number of thioether (sulfide) groups is 1. The lowest BCUT2D eigenvalue weighted by Gasteiger charge is -2.11. The zero-order valence-corrected chi connectivity index (χ0v) is 13.6. The number of nitrogens with zero attached hydrogens (tertiary/aromatic N) is 3. The van der Waals surface area contributed by atoms with Gasteiger partial charge in [-0.05, 0) is 31.7 Å². The summed E-state index contributed by atoms with van der Waals surface area (Å²) >= 11 is 1.31. The van der Waals surface area contributed by atoms with Gasteiger partial charge in [0.15, 0.2) is 5.65 Å². The molecule has 4 rings (SSSR count). The number of aromatic amines is 1. The van der Waals surface area contributed by atoms with Crippen molar-refractivity contribution >= 4 is 39.7 Å². The van der Waals surface area contributed by atoms with E-state index in [1.807, 2.05) is 24.3 Å². The van der Waals surface area contributed by atoms with Crippen molar-refractivity contribution in [3.63, 3.8) is 0 Å². The summed E-state index contributed by atoms with van der Waals surface area (Å²) in [5, 5.41) is 12.9. The van der Waals surface area contributed by atoms with Gasteiger partial charge in [-0.1, -0.05) is 30.0 Å². The second-order valence-electron chi connectivity index (χ2n) is 5.94. The van der Waals surface area contributed by atoms with Gasteiger partial charge in [0.2, 0.25) is 11.1 Å². The van der Waals surface area contributed by atoms with Crippen LogP contribution in [-0.4, -0.2) is 37.9 Å². The van der Waals surface area contributed by atoms with Gasteiger partial charge in [-0.15, -0.1) is 10.2 Å². The lowest BCUT2D eigenvalue weighted by Crippen LogP contribution is -2.35. The van der Waals surface area contributed by atoms with Gasteiger partial charge >= 0.3 is 0 Å². The van der Waals surface area contributed by atoms with Gasteiger partial charge in [0.05, 0.1) is 5.75 Å². The molecule has 0 saturated heterocycles. The van der Waals surface area contributed by atoms with Crippen molar-refractivity contribution in [2.24, 2.45) is 5.92 Å². The number of hydrogen-bond acceptors (Lipinski definition) is 5. The van der Waals surface area contributed by atoms with Crippen LogP contribution in [0.1, 0.15) is 19.8 Å². The lowest BCUT2D eigenvalue weighted by molar-refractivity contribution is -0.119. The summed E-state index contributed by atoms with van der Waals surface area (Å²) in [6, 6.07) is 8.16. The first-order valence-electron chi connectivity index (χ1n) is 7.74. The molecule has 2 N–H and O–H groups in total. The van der Waals surface area contributed by atoms with Crippen LogP contribution in [0, 0.1) is 5.92 Å². The maximum Gasteiger partial charge on any atom is 0.230 e. The fourth-order valence-electron chi connectivity index (χ4n) is 2.71. The maximum atomic E-state index is 11.9. The van der Waals surface area contributed by atoms with Crippen molar-refractivity contribution in [3.05, 3.63) is 24.3 Å². The van der Waals surface area contributed by atoms with E-state index >= 15 is 0 Å². The Balaban J connectivity index is 1.46. The van der Waals surface area contributed by atoms with Crippen LogP contribution in [0.5, 0.6) is 0 Å². The standard InChI is InChI=1S/C16H17N5OS/c1-9(10-6-7-10)17-13(22)8-23-16-19-15-14(20-21-16)11-4-2-3-5-12(11)18-15/h2-5,9-10H,6-8H2,1H3,(H,17,22)(H,18,19,21)/t9-/m0/s1. The number of nitrogens with one attached hydrogen (secondary N) is 2. The molecule has 2 heterocycles. The SMILES string of the molecule is C[C@H](NC(=O)CSc1nnc2c(n1)[nH]c1ccccc12)C1CC1. The molecule has 1 saturated carbocycles. The monoisotopic (exact) mass is 327 g/mol. The predicted molar refractivity (Wildman–Crippen MR) is 90.2 cm³/mol. The van der Waals surface area contributed by atoms with Crippen LogP contribution in [0.2, 0.25) is 0 Å². The molecule has 0 aliphatic heterocycles. The third-order valence-electron chi connectivity index (χ3n) is 4.15. The molecule has 1 atom stereocenters. The lowest BCUT2D eigenvalue weighted by atomic mass is 10.2. The van der Waals surface area contributed by atoms with E-state index in [1.165, 1.54) is 24.6 Å². The summed E-state index contributed by atoms with van der Waals surface area (Å²) in [7, 11) is 0. The van der Waals surface area contributed by atoms with Crippen LogP contribution in [0.4, 0.5) is 0 Å². The predicted octanol–water partition coefficient (Wildman–Crippen LogP) is 2.51. The van der Waals surface area contributed by atoms with Crippen LogP contribution >= 0.6 is 11.8 Å². The Bertz CT molecular complexity index is 873. The second kappa shape index (κ2) is 5.81. The van der Waals surface area contributed by atoms with E-state index in [1.54, 1.807) is 0 Å². The molecule has 3 aromatic rings. The first-order valence-corrected chi connectivity index (χ1v) is 8.72. The molecule has 1 aromatic carbocycles. The summed E-state index contributed by atoms with van der Waals surface area (Å²) in [5.74, 6) is 0.990. The van der Waals surface area contributed by atoms with E-state index in [9.17, 15) is 4.79 Å². The fourth-order valence-corrected chi connectivity index (χ4v) is 3.30. The number of fused-ring (bicyclic) bond motifs is 3. The first kappa shape index (κ1) is 14.4. The molecule has 0 spiro atoms. The van der Waals surface area contributed by atoms with Gasteiger partial charge < -0.3 is 10.3 Å². The molecule has 0 radical (unpaired) electrons. The Morgan fingerprint density at radius 1 is 1.39 bits per heavy atom. The van der Waals surface area contributed by atoms with Crippen molar-refractivity contribution in [1.29, 1.82) is 0 Å². The molecule has 1 aliphatic carbocycles. The van der Waals surface area contributed by atoms with Crippen molar-refractivity contribution in [2.75, 3.05) is 5.75 Å². The quantitative estimate of drug-likeness (QED) is 0.704. The second-order valence-corrected chi connectivity index (χ2v) is 6.89. The van der Waals surface area contributed by atoms with E-state index in [2.05, 4.69) is 32.4 Å². The number of carbonyl (C=O) groups is 1. The smallest absolute Gasteiger partial charge is 0.230 e. The molecule has 118 valence electrons. The van der Waals surface area contributed by atoms with Crippen LogP contribution in [-0.2, 0) is 4.79 Å². The van der Waals surface area contributed by atoms with E-state index < -0.39 is 0 Å². The number of hydrogen-bond donors (Lipinski definition) is 2. The molecule has 0 unspecified atom stereocenters. The van der Waals surface area contributed by atoms with E-state index in [-0.39, 0.29) is 11.9 Å². The van der Waals surface area contributed by atoms with Gasteiger partial charge in [-0.2, -0.15) is 0 Å². The third-order valence-corrected chi connectivity index (χ3v) is 4.99. The Morgan fingerprint density at radius 3 is 3.04 bits per heavy atom. The highest BCUT2D eigenvalue weighted by molar-refractivity contribution is 7.99. The number of H-pyrrole nitrogens is 1. The number of aromatic nitrogens is 4. The Morgan fingerprint density at radius 2 is 2.22 bits per heavy atom. The van der Waals surface area contributed by atoms with Crippen LogP contribution in [0.3, 0.4) is 0 Å². The summed E-state index contributed by atoms with van der Waals surface area (Å²) < 4.78 is 0. The summed E-state index contributed by atoms with van der Waals surface area (Å²) in [5.41, 5.74) is 2.45. The minimum absolute atomic E-state index is 0.0229. The number of amides is 1. The topological polar surface area (TPSA) is 83.6 Å². The van der Waals surface area contributed by atoms with E-state index in [4.69, 9.17) is 0 Å². The first-order chi connectivity index (χ1) is 11.2. The minimum atomic E-state index is 0.0229. The largest absolute Gasteiger partial charge is 0.353 e. The van der Waals surface area contributed by atoms with Gasteiger partial charge in [0, 0.05) is 16.9 Å². The highest BCUT2D eigenvalue weighted by Crippen LogP contribution is 2.32. The van der Waals surface area contributed by atoms with Gasteiger partial charge in [0.25, 0.3) is 0 Å². The highest BCUT2D eigenvalue weighted by atomic mass is 32.2. The maximum absolute atomic E-state index is 11.9. The molecule has 1 fully saturated rings. The zero-order valence-electron chi connectivity index (χ0n) is 12.7. The van der Waals surface area contributed by atoms with Gasteiger partial charge in [-0.25, -0.2) is 4.98 Å². The van der Waals surface area contributed by atoms with Crippen molar-refractivity contribution in [2.45, 2.75) is 31.0 Å². The molecule has 23 heavy (non-hydrogen) atoms. The number of para-hydroxylation sites is 1. The normalized spacial score (nSPS) is 15.9.